The number of H-pyrrole nitrogens is 2. The predicted molar refractivity (Wildman–Crippen MR) is 77.3 cm³/mol. The molecule has 2 aromatic heterocycles. The van der Waals surface area contributed by atoms with E-state index in [1.165, 1.54) is 5.56 Å². The number of tetrazole rings is 1. The summed E-state index contributed by atoms with van der Waals surface area (Å²) >= 11 is 0. The molecule has 0 saturated carbocycles. The molecule has 7 nitrogen and oxygen atoms in total. The highest BCUT2D eigenvalue weighted by atomic mass is 16.2. The largest absolute Gasteiger partial charge is 0.364 e. The number of hydrogen-bond donors (Lipinski definition) is 2. The maximum absolute atomic E-state index is 11.9. The van der Waals surface area contributed by atoms with Crippen LogP contribution in [0.25, 0.3) is 0 Å². The quantitative estimate of drug-likeness (QED) is 0.523. The third-order valence-corrected chi connectivity index (χ3v) is 3.21. The molecule has 2 heterocycles. The van der Waals surface area contributed by atoms with Gasteiger partial charge in [0.25, 0.3) is 5.78 Å². The zero-order valence-corrected chi connectivity index (χ0v) is 11.6. The van der Waals surface area contributed by atoms with Crippen LogP contribution >= 0.6 is 0 Å². The number of ketones is 2. The van der Waals surface area contributed by atoms with Crippen LogP contribution in [0.3, 0.4) is 0 Å². The maximum atomic E-state index is 11.9. The molecule has 0 radical (unpaired) electrons. The predicted octanol–water partition coefficient (Wildman–Crippen LogP) is 1.11. The van der Waals surface area contributed by atoms with Crippen molar-refractivity contribution in [2.24, 2.45) is 0 Å². The Balaban J connectivity index is 1.64. The topological polar surface area (TPSA) is 104 Å². The fourth-order valence-corrected chi connectivity index (χ4v) is 2.16. The first-order chi connectivity index (χ1) is 10.7. The second-order valence-electron chi connectivity index (χ2n) is 4.86. The van der Waals surface area contributed by atoms with Crippen LogP contribution in [-0.2, 0) is 17.6 Å². The van der Waals surface area contributed by atoms with E-state index in [4.69, 9.17) is 0 Å². The Labute approximate surface area is 125 Å². The maximum Gasteiger partial charge on any atom is 0.269 e. The van der Waals surface area contributed by atoms with Crippen LogP contribution in [0.1, 0.15) is 27.4 Å². The number of benzene rings is 1. The number of aromatic nitrogens is 5. The highest BCUT2D eigenvalue weighted by molar-refractivity contribution is 6.43. The third-order valence-electron chi connectivity index (χ3n) is 3.21. The molecule has 0 bridgehead atoms. The number of carbonyl (C=O) groups excluding carboxylic acids is 2. The highest BCUT2D eigenvalue weighted by Gasteiger charge is 2.21. The molecule has 0 aliphatic rings. The highest BCUT2D eigenvalue weighted by Crippen LogP contribution is 2.11. The number of Topliss-reactive ketones (excluding diaryl/α,β-unsaturated/α-hetero) is 2. The summed E-state index contributed by atoms with van der Waals surface area (Å²) in [5.74, 6) is -1.50. The minimum atomic E-state index is -0.737. The van der Waals surface area contributed by atoms with Gasteiger partial charge in [-0.15, -0.1) is 10.2 Å². The summed E-state index contributed by atoms with van der Waals surface area (Å²) in [6.07, 6.45) is 2.49. The minimum Gasteiger partial charge on any atom is -0.364 e. The molecule has 22 heavy (non-hydrogen) atoms. The molecule has 7 heteroatoms. The molecule has 0 atom stereocenters. The first-order valence-electron chi connectivity index (χ1n) is 6.73. The van der Waals surface area contributed by atoms with Gasteiger partial charge in [0, 0.05) is 24.7 Å². The molecular weight excluding hydrogens is 282 g/mol. The lowest BCUT2D eigenvalue weighted by atomic mass is 10.1. The van der Waals surface area contributed by atoms with Gasteiger partial charge in [0.2, 0.25) is 11.6 Å². The number of rotatable bonds is 6. The van der Waals surface area contributed by atoms with Crippen molar-refractivity contribution in [2.75, 3.05) is 0 Å². The number of nitrogens with one attached hydrogen (secondary N) is 2. The van der Waals surface area contributed by atoms with E-state index in [-0.39, 0.29) is 12.2 Å². The van der Waals surface area contributed by atoms with Gasteiger partial charge >= 0.3 is 0 Å². The van der Waals surface area contributed by atoms with Gasteiger partial charge in [-0.05, 0) is 22.4 Å². The van der Waals surface area contributed by atoms with Crippen molar-refractivity contribution >= 4 is 11.6 Å². The molecule has 0 aliphatic carbocycles. The number of carbonyl (C=O) groups is 2. The van der Waals surface area contributed by atoms with Crippen molar-refractivity contribution in [2.45, 2.75) is 12.8 Å². The Morgan fingerprint density at radius 2 is 1.91 bits per heavy atom. The Hall–Kier alpha value is -3.09. The Morgan fingerprint density at radius 3 is 2.64 bits per heavy atom. The Bertz CT molecular complexity index is 777. The van der Waals surface area contributed by atoms with Crippen molar-refractivity contribution in [3.05, 3.63) is 65.2 Å². The smallest absolute Gasteiger partial charge is 0.269 e. The zero-order valence-electron chi connectivity index (χ0n) is 11.6. The second-order valence-corrected chi connectivity index (χ2v) is 4.86. The average Bonchev–Trinajstić information content (AvgIpc) is 3.19. The number of hydrogen-bond acceptors (Lipinski definition) is 5. The monoisotopic (exact) mass is 295 g/mol. The third kappa shape index (κ3) is 3.14. The fourth-order valence-electron chi connectivity index (χ4n) is 2.16. The van der Waals surface area contributed by atoms with Crippen molar-refractivity contribution < 1.29 is 9.59 Å². The second kappa shape index (κ2) is 6.13. The van der Waals surface area contributed by atoms with Crippen LogP contribution in [0, 0.1) is 0 Å². The van der Waals surface area contributed by atoms with E-state index < -0.39 is 11.6 Å². The van der Waals surface area contributed by atoms with Crippen molar-refractivity contribution in [1.29, 1.82) is 0 Å². The molecule has 0 spiro atoms. The van der Waals surface area contributed by atoms with Gasteiger partial charge in [-0.2, -0.15) is 5.21 Å². The van der Waals surface area contributed by atoms with Gasteiger partial charge in [0.05, 0.1) is 0 Å². The van der Waals surface area contributed by atoms with Gasteiger partial charge in [0.1, 0.15) is 0 Å². The fraction of sp³-hybridized carbons (Fsp3) is 0.133. The van der Waals surface area contributed by atoms with Crippen LogP contribution in [0.5, 0.6) is 0 Å². The zero-order chi connectivity index (χ0) is 15.4. The average molecular weight is 295 g/mol. The standard InChI is InChI=1S/C15H13N5O2/c21-13(14(22)15-17-19-20-18-15)8-11-7-12(16-9-11)6-10-4-2-1-3-5-10/h1-5,7,9,16H,6,8H2,(H,17,18,19,20). The van der Waals surface area contributed by atoms with E-state index in [2.05, 4.69) is 25.6 Å². The Morgan fingerprint density at radius 1 is 1.09 bits per heavy atom. The first-order valence-corrected chi connectivity index (χ1v) is 6.73. The molecule has 0 amide bonds. The SMILES string of the molecule is O=C(Cc1c[nH]c(Cc2ccccc2)c1)C(=O)c1nn[nH]n1. The normalized spacial score (nSPS) is 10.5. The van der Waals surface area contributed by atoms with E-state index in [1.807, 2.05) is 36.4 Å². The van der Waals surface area contributed by atoms with Crippen LogP contribution in [-0.4, -0.2) is 37.2 Å². The first kappa shape index (κ1) is 13.9. The van der Waals surface area contributed by atoms with Crippen LogP contribution in [0.15, 0.2) is 42.6 Å². The van der Waals surface area contributed by atoms with Gasteiger partial charge in [-0.3, -0.25) is 9.59 Å². The summed E-state index contributed by atoms with van der Waals surface area (Å²) in [7, 11) is 0. The van der Waals surface area contributed by atoms with E-state index in [0.29, 0.717) is 0 Å². The van der Waals surface area contributed by atoms with Gasteiger partial charge in [0.15, 0.2) is 0 Å². The van der Waals surface area contributed by atoms with Crippen molar-refractivity contribution in [3.63, 3.8) is 0 Å². The molecular formula is C15H13N5O2. The molecule has 3 aromatic rings. The summed E-state index contributed by atoms with van der Waals surface area (Å²) in [4.78, 5) is 26.8. The minimum absolute atomic E-state index is 0.0126. The molecule has 0 fully saturated rings. The molecule has 0 aliphatic heterocycles. The van der Waals surface area contributed by atoms with Gasteiger partial charge in [-0.1, -0.05) is 30.3 Å². The lowest BCUT2D eigenvalue weighted by Crippen LogP contribution is -2.18. The summed E-state index contributed by atoms with van der Waals surface area (Å²) < 4.78 is 0. The van der Waals surface area contributed by atoms with Crippen LogP contribution < -0.4 is 0 Å². The van der Waals surface area contributed by atoms with Crippen LogP contribution in [0.4, 0.5) is 0 Å². The molecule has 1 aromatic carbocycles. The summed E-state index contributed by atoms with van der Waals surface area (Å²) in [5.41, 5.74) is 2.92. The van der Waals surface area contributed by atoms with E-state index in [9.17, 15) is 9.59 Å². The van der Waals surface area contributed by atoms with E-state index >= 15 is 0 Å². The van der Waals surface area contributed by atoms with E-state index in [0.717, 1.165) is 17.7 Å². The number of nitrogens with zero attached hydrogens (tertiary/aromatic N) is 3. The van der Waals surface area contributed by atoms with Crippen molar-refractivity contribution in [3.8, 4) is 0 Å². The molecule has 0 unspecified atom stereocenters. The lowest BCUT2D eigenvalue weighted by Gasteiger charge is -1.97. The number of aromatic amines is 2. The summed E-state index contributed by atoms with van der Waals surface area (Å²) in [6.45, 7) is 0. The van der Waals surface area contributed by atoms with Gasteiger partial charge in [-0.25, -0.2) is 0 Å². The van der Waals surface area contributed by atoms with Crippen molar-refractivity contribution in [1.82, 2.24) is 25.6 Å². The van der Waals surface area contributed by atoms with E-state index in [1.54, 1.807) is 6.20 Å². The van der Waals surface area contributed by atoms with Gasteiger partial charge < -0.3 is 4.98 Å². The Kier molecular flexibility index (Phi) is 3.86. The summed E-state index contributed by atoms with van der Waals surface area (Å²) in [6, 6.07) is 11.9. The molecule has 3 rings (SSSR count). The summed E-state index contributed by atoms with van der Waals surface area (Å²) in [5, 5.41) is 12.4. The van der Waals surface area contributed by atoms with Crippen LogP contribution in [0.2, 0.25) is 0 Å². The lowest BCUT2D eigenvalue weighted by molar-refractivity contribution is -0.114. The molecule has 0 saturated heterocycles. The molecule has 2 N–H and O–H groups in total. The molecule has 110 valence electrons.